The second-order valence-electron chi connectivity index (χ2n) is 35.0. The average Bonchev–Trinajstić information content (AvgIpc) is 1.60. The van der Waals surface area contributed by atoms with E-state index in [4.69, 9.17) is 21.0 Å². The first-order valence-corrected chi connectivity index (χ1v) is 45.3. The average molecular weight is 1680 g/mol. The second kappa shape index (κ2) is 38.0. The Morgan fingerprint density at radius 3 is 0.938 bits per heavy atom. The molecule has 5 atom stereocenters. The molecule has 2 saturated carbocycles. The summed E-state index contributed by atoms with van der Waals surface area (Å²) in [7, 11) is 2.11. The van der Waals surface area contributed by atoms with Gasteiger partial charge in [-0.15, -0.1) is 0 Å². The summed E-state index contributed by atoms with van der Waals surface area (Å²) in [5, 5.41) is 46.0. The van der Waals surface area contributed by atoms with Crippen LogP contribution in [0, 0.1) is 91.3 Å². The third-order valence-corrected chi connectivity index (χ3v) is 26.8. The van der Waals surface area contributed by atoms with Crippen LogP contribution < -0.4 is 49.0 Å². The lowest BCUT2D eigenvalue weighted by Gasteiger charge is -2.38. The third kappa shape index (κ3) is 16.8. The molecule has 0 bridgehead atoms. The van der Waals surface area contributed by atoms with E-state index in [-0.39, 0.29) is 18.5 Å². The van der Waals surface area contributed by atoms with Gasteiger partial charge < -0.3 is 49.0 Å². The van der Waals surface area contributed by atoms with Gasteiger partial charge in [0, 0.05) is 64.7 Å². The van der Waals surface area contributed by atoms with E-state index < -0.39 is 0 Å². The van der Waals surface area contributed by atoms with E-state index in [1.807, 2.05) is 72.8 Å². The summed E-state index contributed by atoms with van der Waals surface area (Å²) >= 11 is 0. The number of nitrogens with zero attached hydrogens (tertiary/aromatic N) is 15. The first-order chi connectivity index (χ1) is 62.2. The van der Waals surface area contributed by atoms with Crippen molar-refractivity contribution >= 4 is 91.0 Å². The fourth-order valence-corrected chi connectivity index (χ4v) is 20.8. The van der Waals surface area contributed by atoms with E-state index >= 15 is 0 Å². The molecule has 2 aliphatic carbocycles. The van der Waals surface area contributed by atoms with Gasteiger partial charge in [-0.2, -0.15) is 26.3 Å². The van der Waals surface area contributed by atoms with Crippen LogP contribution in [0.3, 0.4) is 0 Å². The summed E-state index contributed by atoms with van der Waals surface area (Å²) in [5.74, 6) is 0. The van der Waals surface area contributed by atoms with Crippen LogP contribution in [0.4, 0.5) is 91.0 Å². The van der Waals surface area contributed by atoms with E-state index in [2.05, 4.69) is 388 Å². The van der Waals surface area contributed by atoms with Gasteiger partial charge in [0.2, 0.25) is 0 Å². The topological polar surface area (TPSA) is 151 Å². The van der Waals surface area contributed by atoms with Crippen LogP contribution >= 0.6 is 0 Å². The molecule has 13 aromatic rings. The van der Waals surface area contributed by atoms with Crippen molar-refractivity contribution in [3.8, 4) is 52.6 Å². The molecule has 5 heterocycles. The number of aryl methyl sites for hydroxylation is 5. The van der Waals surface area contributed by atoms with Crippen LogP contribution in [0.25, 0.3) is 22.3 Å². The summed E-state index contributed by atoms with van der Waals surface area (Å²) < 4.78 is 0. The van der Waals surface area contributed by atoms with Crippen LogP contribution in [0.5, 0.6) is 0 Å². The molecule has 15 heteroatoms. The highest BCUT2D eigenvalue weighted by atomic mass is 15.5. The number of para-hydroxylation sites is 11. The van der Waals surface area contributed by atoms with Gasteiger partial charge in [0.05, 0.1) is 121 Å². The maximum atomic E-state index is 9.63. The lowest BCUT2D eigenvalue weighted by Crippen LogP contribution is -2.45. The Hall–Kier alpha value is -14.7. The maximum absolute atomic E-state index is 9.63. The smallest absolute Gasteiger partial charge is 0.108 e. The summed E-state index contributed by atoms with van der Waals surface area (Å²) in [5.41, 5.74) is 33.5. The molecule has 0 unspecified atom stereocenters. The number of fused-ring (bicyclic) bond motifs is 5. The molecule has 15 nitrogen and oxygen atoms in total. The minimum atomic E-state index is -0.0163. The van der Waals surface area contributed by atoms with Crippen molar-refractivity contribution in [1.82, 2.24) is 0 Å². The highest BCUT2D eigenvalue weighted by Crippen LogP contribution is 2.56. The quantitative estimate of drug-likeness (QED) is 0.121. The fraction of sp³-hybridized carbons (Fsp3) is 0.265. The minimum Gasteiger partial charge on any atom is -0.353 e. The van der Waals surface area contributed by atoms with Crippen molar-refractivity contribution in [3.63, 3.8) is 0 Å². The number of anilines is 16. The molecule has 640 valence electrons. The predicted octanol–water partition coefficient (Wildman–Crippen LogP) is 27.8. The monoisotopic (exact) mass is 1680 g/mol. The van der Waals surface area contributed by atoms with Crippen molar-refractivity contribution in [2.24, 2.45) is 0 Å². The standard InChI is InChI=1S/C34H27N3.C22H25N3.C21H23N3.C19H21N3.C17H17N3/c1-24-20-21-26(23-35)22-33(24)36-25(2)37(32-19-10-9-18-31(32)36)34-29(27-12-5-3-6-13-27)16-11-17-30(34)28-14-7-4-8-15-28;1-16-14-18(15-23)12-13-20(16)25-17(2)24(19-8-4-3-5-9-19)21-10-6-7-11-22(21)25;1-15-13-17(14-22)11-12-19(15)24-16(2)23(18-7-3-4-8-18)20-9-5-6-10-21(20)24;1-13(2)21-15(4)22(19-8-6-5-7-18(19)21)17-10-9-16(12-20)11-14(17)3;1-12-10-14(11-18)8-9-15(12)20-13(2)19(3)16-6-4-5-7-17(16)20/h3-22,25H,1-2H3;6-7,10-14,17,19H,3-5,8-9H2,1-2H3;5-6,9-13,16,18H,3-4,7-8H2,1-2H3;5-11,13,15H,1-4H3;4-10,13H,1-3H3/t25-;17-;16-;15-;13-/m01111/s1. The molecular weight excluding hydrogens is 1570 g/mol. The van der Waals surface area contributed by atoms with Crippen molar-refractivity contribution < 1.29 is 0 Å². The molecule has 0 amide bonds. The summed E-state index contributed by atoms with van der Waals surface area (Å²) in [6.45, 7) is 26.2. The molecule has 0 radical (unpaired) electrons. The van der Waals surface area contributed by atoms with Gasteiger partial charge in [-0.05, 0) is 293 Å². The van der Waals surface area contributed by atoms with Crippen LogP contribution in [0.2, 0.25) is 0 Å². The zero-order valence-electron chi connectivity index (χ0n) is 75.9. The normalized spacial score (nSPS) is 17.5. The molecule has 0 aromatic heterocycles. The van der Waals surface area contributed by atoms with Crippen molar-refractivity contribution in [2.75, 3.05) is 56.0 Å². The Labute approximate surface area is 757 Å². The van der Waals surface area contributed by atoms with E-state index in [1.165, 1.54) is 148 Å². The summed E-state index contributed by atoms with van der Waals surface area (Å²) in [4.78, 5) is 24.3. The van der Waals surface area contributed by atoms with Gasteiger partial charge in [-0.1, -0.05) is 178 Å². The Morgan fingerprint density at radius 1 is 0.258 bits per heavy atom. The first-order valence-electron chi connectivity index (χ1n) is 45.3. The molecular formula is C113H113N15. The molecule has 20 rings (SSSR count). The lowest BCUT2D eigenvalue weighted by atomic mass is 9.93. The molecule has 0 saturated heterocycles. The molecule has 7 aliphatic rings. The highest BCUT2D eigenvalue weighted by molar-refractivity contribution is 6.00. The number of nitriles is 5. The van der Waals surface area contributed by atoms with E-state index in [0.29, 0.717) is 47.1 Å². The largest absolute Gasteiger partial charge is 0.353 e. The van der Waals surface area contributed by atoms with E-state index in [1.54, 1.807) is 0 Å². The number of hydrogen-bond donors (Lipinski definition) is 0. The zero-order chi connectivity index (χ0) is 89.6. The Morgan fingerprint density at radius 2 is 0.555 bits per heavy atom. The Bertz CT molecular complexity index is 6370. The highest BCUT2D eigenvalue weighted by Gasteiger charge is 2.43. The van der Waals surface area contributed by atoms with E-state index in [0.717, 1.165) is 61.7 Å². The predicted molar refractivity (Wildman–Crippen MR) is 529 cm³/mol. The molecule has 2 fully saturated rings. The Kier molecular flexibility index (Phi) is 25.8. The molecule has 128 heavy (non-hydrogen) atoms. The molecule has 0 spiro atoms. The molecule has 5 aliphatic heterocycles. The fourth-order valence-electron chi connectivity index (χ4n) is 20.8. The number of rotatable bonds is 11. The minimum absolute atomic E-state index is 0.0163. The van der Waals surface area contributed by atoms with Gasteiger partial charge in [0.15, 0.2) is 0 Å². The summed E-state index contributed by atoms with van der Waals surface area (Å²) in [6, 6.07) is 114. The number of benzene rings is 13. The second-order valence-corrected chi connectivity index (χ2v) is 35.0. The SMILES string of the molecule is Cc1cc(C#N)ccc1N1c2ccccc2N(C(C)C)[C@H]1C.Cc1cc(C#N)ccc1N1c2ccccc2N(C)[C@H]1C.Cc1cc(C#N)ccc1N1c2ccccc2N(C2CCCC2)[C@H]1C.Cc1cc(C#N)ccc1N1c2ccccc2N(C2CCCCC2)[C@H]1C.Cc1ccc(C#N)cc1N1c2ccccc2N(c2c(-c3ccccc3)cccc2-c2ccccc2)[C@H]1C. The molecule has 13 aromatic carbocycles. The van der Waals surface area contributed by atoms with Crippen molar-refractivity contribution in [2.45, 2.75) is 190 Å². The van der Waals surface area contributed by atoms with Gasteiger partial charge >= 0.3 is 0 Å². The lowest BCUT2D eigenvalue weighted by molar-refractivity contribution is 0.400. The zero-order valence-corrected chi connectivity index (χ0v) is 75.9. The van der Waals surface area contributed by atoms with E-state index in [9.17, 15) is 5.26 Å². The van der Waals surface area contributed by atoms with Gasteiger partial charge in [-0.25, -0.2) is 0 Å². The van der Waals surface area contributed by atoms with Gasteiger partial charge in [-0.3, -0.25) is 0 Å². The third-order valence-electron chi connectivity index (χ3n) is 26.8. The van der Waals surface area contributed by atoms with Crippen LogP contribution in [-0.2, 0) is 0 Å². The van der Waals surface area contributed by atoms with Crippen LogP contribution in [0.15, 0.2) is 291 Å². The summed E-state index contributed by atoms with van der Waals surface area (Å²) in [6.07, 6.45) is 13.0. The van der Waals surface area contributed by atoms with Crippen molar-refractivity contribution in [1.29, 1.82) is 26.3 Å². The first kappa shape index (κ1) is 86.8. The Balaban J connectivity index is 0.000000120. The molecule has 0 N–H and O–H groups in total. The van der Waals surface area contributed by atoms with Crippen LogP contribution in [-0.4, -0.2) is 56.0 Å². The van der Waals surface area contributed by atoms with Crippen molar-refractivity contribution in [3.05, 3.63) is 347 Å². The maximum Gasteiger partial charge on any atom is 0.108 e. The van der Waals surface area contributed by atoms with Gasteiger partial charge in [0.1, 0.15) is 30.8 Å². The van der Waals surface area contributed by atoms with Gasteiger partial charge in [0.25, 0.3) is 0 Å². The number of hydrogen-bond acceptors (Lipinski definition) is 15. The van der Waals surface area contributed by atoms with Crippen LogP contribution in [0.1, 0.15) is 162 Å².